The molecule has 2 fully saturated rings. The van der Waals surface area contributed by atoms with E-state index >= 15 is 0 Å². The number of hydrogen-bond acceptors (Lipinski definition) is 6. The zero-order chi connectivity index (χ0) is 28.0. The molecule has 2 aliphatic heterocycles. The van der Waals surface area contributed by atoms with Crippen LogP contribution in [-0.2, 0) is 14.8 Å². The Bertz CT molecular complexity index is 1210. The number of hydrogen-bond donors (Lipinski definition) is 0. The first-order valence-electron chi connectivity index (χ1n) is 13.4. The highest BCUT2D eigenvalue weighted by Gasteiger charge is 2.32. The van der Waals surface area contributed by atoms with Gasteiger partial charge in [0, 0.05) is 49.2 Å². The predicted molar refractivity (Wildman–Crippen MR) is 161 cm³/mol. The van der Waals surface area contributed by atoms with Crippen molar-refractivity contribution >= 4 is 56.6 Å². The Morgan fingerprint density at radius 3 is 2.26 bits per heavy atom. The molecule has 1 amide bonds. The minimum Gasteiger partial charge on any atom is -0.490 e. The fourth-order valence-corrected chi connectivity index (χ4v) is 6.80. The van der Waals surface area contributed by atoms with Crippen LogP contribution in [0, 0.1) is 5.92 Å². The molecule has 214 valence electrons. The van der Waals surface area contributed by atoms with E-state index in [0.29, 0.717) is 42.5 Å². The van der Waals surface area contributed by atoms with E-state index in [0.717, 1.165) is 50.3 Å². The summed E-state index contributed by atoms with van der Waals surface area (Å²) in [5, 5.41) is 0.851. The van der Waals surface area contributed by atoms with E-state index < -0.39 is 10.0 Å². The van der Waals surface area contributed by atoms with Gasteiger partial charge in [0.2, 0.25) is 15.9 Å². The smallest absolute Gasteiger partial charge is 0.230 e. The fraction of sp³-hybridized carbons (Fsp3) is 0.536. The molecule has 0 spiro atoms. The number of carbonyl (C=O) groups excluding carboxylic acids is 1. The first kappa shape index (κ1) is 30.5. The highest BCUT2D eigenvalue weighted by molar-refractivity contribution is 7.98. The van der Waals surface area contributed by atoms with E-state index in [-0.39, 0.29) is 17.9 Å². The van der Waals surface area contributed by atoms with Crippen molar-refractivity contribution in [2.24, 2.45) is 5.92 Å². The van der Waals surface area contributed by atoms with E-state index in [9.17, 15) is 13.2 Å². The summed E-state index contributed by atoms with van der Waals surface area (Å²) in [6.07, 6.45) is 7.28. The zero-order valence-corrected chi connectivity index (χ0v) is 25.7. The molecule has 0 N–H and O–H groups in total. The number of piperidine rings is 2. The average Bonchev–Trinajstić information content (AvgIpc) is 2.93. The Kier molecular flexibility index (Phi) is 10.9. The lowest BCUT2D eigenvalue weighted by atomic mass is 9.96. The van der Waals surface area contributed by atoms with E-state index in [1.54, 1.807) is 28.8 Å². The Morgan fingerprint density at radius 1 is 1.00 bits per heavy atom. The van der Waals surface area contributed by atoms with Gasteiger partial charge in [-0.25, -0.2) is 12.7 Å². The summed E-state index contributed by atoms with van der Waals surface area (Å²) in [6, 6.07) is 13.5. The maximum absolute atomic E-state index is 13.6. The molecule has 0 aliphatic carbocycles. The predicted octanol–water partition coefficient (Wildman–Crippen LogP) is 5.65. The lowest BCUT2D eigenvalue weighted by Crippen LogP contribution is -2.45. The third-order valence-corrected chi connectivity index (χ3v) is 10.3. The summed E-state index contributed by atoms with van der Waals surface area (Å²) in [5.41, 5.74) is 0.722. The first-order chi connectivity index (χ1) is 18.6. The number of carbonyl (C=O) groups is 1. The lowest BCUT2D eigenvalue weighted by Gasteiger charge is -2.34. The molecule has 11 heteroatoms. The summed E-state index contributed by atoms with van der Waals surface area (Å²) in [6.45, 7) is 4.08. The molecular formula is C28H37Cl2N3O4S2. The fourth-order valence-electron chi connectivity index (χ4n) is 5.22. The number of sulfonamides is 1. The first-order valence-corrected chi connectivity index (χ1v) is 17.2. The maximum Gasteiger partial charge on any atom is 0.230 e. The summed E-state index contributed by atoms with van der Waals surface area (Å²) in [7, 11) is -3.25. The molecule has 2 aromatic carbocycles. The minimum atomic E-state index is -3.25. The van der Waals surface area contributed by atoms with Gasteiger partial charge in [-0.15, -0.1) is 11.8 Å². The maximum atomic E-state index is 13.6. The molecule has 0 saturated carbocycles. The molecule has 4 rings (SSSR count). The van der Waals surface area contributed by atoms with Crippen molar-refractivity contribution < 1.29 is 17.9 Å². The number of amides is 1. The number of nitrogens with zero attached hydrogens (tertiary/aromatic N) is 3. The van der Waals surface area contributed by atoms with E-state index in [1.807, 2.05) is 18.2 Å². The van der Waals surface area contributed by atoms with E-state index in [4.69, 9.17) is 27.9 Å². The van der Waals surface area contributed by atoms with Crippen molar-refractivity contribution in [1.82, 2.24) is 9.21 Å². The van der Waals surface area contributed by atoms with Gasteiger partial charge in [-0.3, -0.25) is 4.79 Å². The third kappa shape index (κ3) is 8.50. The van der Waals surface area contributed by atoms with Gasteiger partial charge in [0.15, 0.2) is 0 Å². The van der Waals surface area contributed by atoms with Gasteiger partial charge in [-0.1, -0.05) is 23.2 Å². The molecule has 0 bridgehead atoms. The van der Waals surface area contributed by atoms with E-state index in [1.165, 1.54) is 15.5 Å². The molecule has 2 saturated heterocycles. The van der Waals surface area contributed by atoms with Crippen molar-refractivity contribution in [2.75, 3.05) is 56.7 Å². The molecule has 2 aliphatic rings. The highest BCUT2D eigenvalue weighted by Crippen LogP contribution is 2.30. The van der Waals surface area contributed by atoms with Gasteiger partial charge in [0.1, 0.15) is 11.9 Å². The lowest BCUT2D eigenvalue weighted by molar-refractivity contribution is -0.123. The average molecular weight is 615 g/mol. The molecule has 0 radical (unpaired) electrons. The topological polar surface area (TPSA) is 70.2 Å². The summed E-state index contributed by atoms with van der Waals surface area (Å²) >= 11 is 14.2. The van der Waals surface area contributed by atoms with Gasteiger partial charge in [-0.2, -0.15) is 0 Å². The van der Waals surface area contributed by atoms with Crippen molar-refractivity contribution in [2.45, 2.75) is 43.1 Å². The van der Waals surface area contributed by atoms with Crippen LogP contribution >= 0.6 is 35.0 Å². The third-order valence-electron chi connectivity index (χ3n) is 7.51. The number of thioether (sulfide) groups is 1. The van der Waals surface area contributed by atoms with Crippen LogP contribution in [0.5, 0.6) is 5.75 Å². The van der Waals surface area contributed by atoms with Crippen LogP contribution in [-0.4, -0.2) is 81.4 Å². The van der Waals surface area contributed by atoms with Crippen LogP contribution in [0.2, 0.25) is 10.0 Å². The standard InChI is InChI=1S/C28H37Cl2N3O4S2/c1-38-25-7-5-23(6-8-25)37-24-12-16-31(17-13-24)14-3-15-33(22-4-9-26(29)27(30)20-22)28(34)21-10-18-32(19-11-21)39(2,35)36/h4-9,20-21,24H,3,10-19H2,1-2H3. The normalized spacial score (nSPS) is 18.3. The minimum absolute atomic E-state index is 0.0149. The Hall–Kier alpha value is -1.49. The van der Waals surface area contributed by atoms with Crippen LogP contribution in [0.3, 0.4) is 0 Å². The van der Waals surface area contributed by atoms with Crippen LogP contribution in [0.15, 0.2) is 47.4 Å². The number of halogens is 2. The van der Waals surface area contributed by atoms with Crippen LogP contribution in [0.4, 0.5) is 5.69 Å². The Morgan fingerprint density at radius 2 is 1.67 bits per heavy atom. The molecule has 7 nitrogen and oxygen atoms in total. The largest absolute Gasteiger partial charge is 0.490 e. The van der Waals surface area contributed by atoms with Crippen molar-refractivity contribution in [3.8, 4) is 5.75 Å². The SMILES string of the molecule is CSc1ccc(OC2CCN(CCCN(C(=O)C3CCN(S(C)(=O)=O)CC3)c3ccc(Cl)c(Cl)c3)CC2)cc1. The number of anilines is 1. The van der Waals surface area contributed by atoms with Crippen molar-refractivity contribution in [3.63, 3.8) is 0 Å². The monoisotopic (exact) mass is 613 g/mol. The van der Waals surface area contributed by atoms with Gasteiger partial charge in [0.25, 0.3) is 0 Å². The number of rotatable bonds is 10. The van der Waals surface area contributed by atoms with Crippen LogP contribution in [0.25, 0.3) is 0 Å². The summed E-state index contributed by atoms with van der Waals surface area (Å²) in [5.74, 6) is 0.709. The van der Waals surface area contributed by atoms with Gasteiger partial charge in [-0.05, 0) is 87.4 Å². The Balaban J connectivity index is 1.31. The molecular weight excluding hydrogens is 577 g/mol. The molecule has 0 atom stereocenters. The summed E-state index contributed by atoms with van der Waals surface area (Å²) in [4.78, 5) is 19.1. The molecule has 2 heterocycles. The van der Waals surface area contributed by atoms with Gasteiger partial charge >= 0.3 is 0 Å². The molecule has 39 heavy (non-hydrogen) atoms. The second-order valence-corrected chi connectivity index (χ2v) is 13.9. The van der Waals surface area contributed by atoms with Gasteiger partial charge < -0.3 is 14.5 Å². The molecule has 2 aromatic rings. The quantitative estimate of drug-likeness (QED) is 0.322. The second kappa shape index (κ2) is 13.9. The number of ether oxygens (including phenoxy) is 1. The molecule has 0 aromatic heterocycles. The molecule has 0 unspecified atom stereocenters. The zero-order valence-electron chi connectivity index (χ0n) is 22.5. The van der Waals surface area contributed by atoms with Crippen molar-refractivity contribution in [3.05, 3.63) is 52.5 Å². The highest BCUT2D eigenvalue weighted by atomic mass is 35.5. The van der Waals surface area contributed by atoms with Crippen LogP contribution in [0.1, 0.15) is 32.1 Å². The Labute approximate surface area is 246 Å². The van der Waals surface area contributed by atoms with Crippen LogP contribution < -0.4 is 9.64 Å². The van der Waals surface area contributed by atoms with E-state index in [2.05, 4.69) is 23.3 Å². The van der Waals surface area contributed by atoms with Crippen molar-refractivity contribution in [1.29, 1.82) is 0 Å². The van der Waals surface area contributed by atoms with Gasteiger partial charge in [0.05, 0.1) is 16.3 Å². The number of benzene rings is 2. The number of likely N-dealkylation sites (tertiary alicyclic amines) is 1. The summed E-state index contributed by atoms with van der Waals surface area (Å²) < 4.78 is 31.5. The second-order valence-electron chi connectivity index (χ2n) is 10.2.